The zero-order valence-corrected chi connectivity index (χ0v) is 10.7. The third-order valence-electron chi connectivity index (χ3n) is 2.35. The van der Waals surface area contributed by atoms with Crippen LogP contribution in [0.5, 0.6) is 6.01 Å². The van der Waals surface area contributed by atoms with E-state index in [1.807, 2.05) is 19.2 Å². The van der Waals surface area contributed by atoms with Gasteiger partial charge in [0.2, 0.25) is 0 Å². The maximum Gasteiger partial charge on any atom is 0.316 e. The fourth-order valence-corrected chi connectivity index (χ4v) is 1.35. The van der Waals surface area contributed by atoms with Crippen molar-refractivity contribution in [2.45, 2.75) is 33.2 Å². The van der Waals surface area contributed by atoms with Crippen molar-refractivity contribution in [1.29, 1.82) is 0 Å². The van der Waals surface area contributed by atoms with Crippen LogP contribution in [0.3, 0.4) is 0 Å². The molecule has 0 aliphatic heterocycles. The van der Waals surface area contributed by atoms with Crippen molar-refractivity contribution < 1.29 is 4.74 Å². The van der Waals surface area contributed by atoms with E-state index in [0.717, 1.165) is 37.2 Å². The maximum absolute atomic E-state index is 5.39. The lowest BCUT2D eigenvalue weighted by Gasteiger charge is -2.08. The van der Waals surface area contributed by atoms with Gasteiger partial charge in [-0.1, -0.05) is 13.0 Å². The molecule has 1 aromatic heterocycles. The minimum atomic E-state index is 0.448. The van der Waals surface area contributed by atoms with Gasteiger partial charge >= 0.3 is 6.01 Å². The highest BCUT2D eigenvalue weighted by Gasteiger charge is 2.03. The van der Waals surface area contributed by atoms with Crippen LogP contribution in [0.2, 0.25) is 0 Å². The van der Waals surface area contributed by atoms with Crippen molar-refractivity contribution in [1.82, 2.24) is 15.3 Å². The normalized spacial score (nSPS) is 10.2. The number of aromatic nitrogens is 2. The molecule has 0 saturated carbocycles. The molecule has 94 valence electrons. The zero-order valence-electron chi connectivity index (χ0n) is 10.7. The highest BCUT2D eigenvalue weighted by atomic mass is 16.5. The van der Waals surface area contributed by atoms with Gasteiger partial charge < -0.3 is 10.1 Å². The highest BCUT2D eigenvalue weighted by Crippen LogP contribution is 2.08. The first kappa shape index (κ1) is 13.6. The summed E-state index contributed by atoms with van der Waals surface area (Å²) < 4.78 is 5.39. The van der Waals surface area contributed by atoms with E-state index in [1.165, 1.54) is 0 Å². The Kier molecular flexibility index (Phi) is 6.25. The van der Waals surface area contributed by atoms with Crippen molar-refractivity contribution in [2.75, 3.05) is 13.2 Å². The lowest BCUT2D eigenvalue weighted by molar-refractivity contribution is 0.297. The molecule has 1 N–H and O–H groups in total. The third kappa shape index (κ3) is 4.95. The van der Waals surface area contributed by atoms with Crippen LogP contribution in [-0.2, 0) is 6.54 Å². The highest BCUT2D eigenvalue weighted by molar-refractivity contribution is 5.17. The van der Waals surface area contributed by atoms with Gasteiger partial charge in [0.25, 0.3) is 0 Å². The van der Waals surface area contributed by atoms with Gasteiger partial charge in [-0.3, -0.25) is 0 Å². The van der Waals surface area contributed by atoms with E-state index in [-0.39, 0.29) is 0 Å². The minimum Gasteiger partial charge on any atom is -0.463 e. The Morgan fingerprint density at radius 2 is 2.35 bits per heavy atom. The van der Waals surface area contributed by atoms with Gasteiger partial charge in [-0.15, -0.1) is 6.58 Å². The fourth-order valence-electron chi connectivity index (χ4n) is 1.35. The van der Waals surface area contributed by atoms with E-state index in [9.17, 15) is 0 Å². The second kappa shape index (κ2) is 7.79. The monoisotopic (exact) mass is 235 g/mol. The van der Waals surface area contributed by atoms with Crippen LogP contribution in [0.25, 0.3) is 0 Å². The van der Waals surface area contributed by atoms with Crippen LogP contribution in [0.4, 0.5) is 0 Å². The summed E-state index contributed by atoms with van der Waals surface area (Å²) in [6, 6.07) is 0.448. The van der Waals surface area contributed by atoms with E-state index in [4.69, 9.17) is 4.74 Å². The van der Waals surface area contributed by atoms with Crippen LogP contribution in [0, 0.1) is 6.92 Å². The molecule has 17 heavy (non-hydrogen) atoms. The summed E-state index contributed by atoms with van der Waals surface area (Å²) in [5.41, 5.74) is 2.09. The molecule has 4 nitrogen and oxygen atoms in total. The average Bonchev–Trinajstić information content (AvgIpc) is 2.32. The van der Waals surface area contributed by atoms with E-state index in [0.29, 0.717) is 12.6 Å². The molecule has 1 rings (SSSR count). The quantitative estimate of drug-likeness (QED) is 0.554. The van der Waals surface area contributed by atoms with Crippen LogP contribution in [-0.4, -0.2) is 23.1 Å². The molecule has 0 aliphatic carbocycles. The molecule has 0 radical (unpaired) electrons. The predicted octanol–water partition coefficient (Wildman–Crippen LogP) is 2.24. The van der Waals surface area contributed by atoms with Gasteiger partial charge in [0.15, 0.2) is 0 Å². The smallest absolute Gasteiger partial charge is 0.316 e. The van der Waals surface area contributed by atoms with Gasteiger partial charge in [0.05, 0.1) is 6.61 Å². The molecule has 0 unspecified atom stereocenters. The summed E-state index contributed by atoms with van der Waals surface area (Å²) in [5, 5.41) is 3.33. The van der Waals surface area contributed by atoms with Gasteiger partial charge in [0.1, 0.15) is 0 Å². The summed E-state index contributed by atoms with van der Waals surface area (Å²) in [4.78, 5) is 8.50. The number of nitrogens with zero attached hydrogens (tertiary/aromatic N) is 2. The first-order valence-electron chi connectivity index (χ1n) is 6.04. The summed E-state index contributed by atoms with van der Waals surface area (Å²) >= 11 is 0. The number of hydrogen-bond donors (Lipinski definition) is 1. The molecule has 0 spiro atoms. The zero-order chi connectivity index (χ0) is 12.5. The van der Waals surface area contributed by atoms with Crippen molar-refractivity contribution >= 4 is 0 Å². The first-order valence-corrected chi connectivity index (χ1v) is 6.04. The van der Waals surface area contributed by atoms with Crippen molar-refractivity contribution in [2.24, 2.45) is 0 Å². The topological polar surface area (TPSA) is 47.0 Å². The second-order valence-electron chi connectivity index (χ2n) is 3.87. The summed E-state index contributed by atoms with van der Waals surface area (Å²) in [6.07, 6.45) is 5.58. The Morgan fingerprint density at radius 1 is 1.53 bits per heavy atom. The van der Waals surface area contributed by atoms with Crippen LogP contribution in [0.1, 0.15) is 31.0 Å². The van der Waals surface area contributed by atoms with Gasteiger partial charge in [-0.25, -0.2) is 9.97 Å². The van der Waals surface area contributed by atoms with Gasteiger partial charge in [-0.05, 0) is 26.3 Å². The van der Waals surface area contributed by atoms with Crippen molar-refractivity contribution in [3.8, 4) is 6.01 Å². The molecule has 4 heteroatoms. The van der Waals surface area contributed by atoms with Crippen LogP contribution in [0.15, 0.2) is 18.9 Å². The van der Waals surface area contributed by atoms with Gasteiger partial charge in [-0.2, -0.15) is 0 Å². The Labute approximate surface area is 103 Å². The molecule has 0 atom stereocenters. The first-order chi connectivity index (χ1) is 8.27. The van der Waals surface area contributed by atoms with E-state index in [1.54, 1.807) is 0 Å². The molecule has 1 heterocycles. The lowest BCUT2D eigenvalue weighted by Crippen LogP contribution is -2.15. The largest absolute Gasteiger partial charge is 0.463 e. The SMILES string of the molecule is C=CCCOc1ncc(CNCCC)c(C)n1. The minimum absolute atomic E-state index is 0.448. The predicted molar refractivity (Wildman–Crippen MR) is 69.1 cm³/mol. The molecule has 0 saturated heterocycles. The van der Waals surface area contributed by atoms with Gasteiger partial charge in [0, 0.05) is 24.0 Å². The number of aryl methyl sites for hydroxylation is 1. The van der Waals surface area contributed by atoms with E-state index >= 15 is 0 Å². The third-order valence-corrected chi connectivity index (χ3v) is 2.35. The summed E-state index contributed by atoms with van der Waals surface area (Å²) in [6.45, 7) is 10.2. The number of hydrogen-bond acceptors (Lipinski definition) is 4. The van der Waals surface area contributed by atoms with Crippen molar-refractivity contribution in [3.63, 3.8) is 0 Å². The van der Waals surface area contributed by atoms with Crippen LogP contribution < -0.4 is 10.1 Å². The Bertz CT molecular complexity index is 353. The Balaban J connectivity index is 2.50. The van der Waals surface area contributed by atoms with Crippen LogP contribution >= 0.6 is 0 Å². The Hall–Kier alpha value is -1.42. The molecule has 0 amide bonds. The second-order valence-corrected chi connectivity index (χ2v) is 3.87. The van der Waals surface area contributed by atoms with E-state index in [2.05, 4.69) is 28.8 Å². The fraction of sp³-hybridized carbons (Fsp3) is 0.538. The molecule has 0 aliphatic rings. The number of nitrogens with one attached hydrogen (secondary N) is 1. The standard InChI is InChI=1S/C13H21N3O/c1-4-6-8-17-13-15-10-12(11(3)16-13)9-14-7-5-2/h4,10,14H,1,5-9H2,2-3H3. The summed E-state index contributed by atoms with van der Waals surface area (Å²) in [5.74, 6) is 0. The summed E-state index contributed by atoms with van der Waals surface area (Å²) in [7, 11) is 0. The lowest BCUT2D eigenvalue weighted by atomic mass is 10.2. The molecule has 0 fully saturated rings. The molecular formula is C13H21N3O. The number of ether oxygens (including phenoxy) is 1. The Morgan fingerprint density at radius 3 is 3.00 bits per heavy atom. The average molecular weight is 235 g/mol. The van der Waals surface area contributed by atoms with Crippen molar-refractivity contribution in [3.05, 3.63) is 30.1 Å². The maximum atomic E-state index is 5.39. The molecule has 0 aromatic carbocycles. The molecular weight excluding hydrogens is 214 g/mol. The molecule has 0 bridgehead atoms. The van der Waals surface area contributed by atoms with E-state index < -0.39 is 0 Å². The number of rotatable bonds is 8. The molecule has 1 aromatic rings.